The fourth-order valence-electron chi connectivity index (χ4n) is 1.90. The van der Waals surface area contributed by atoms with Gasteiger partial charge in [-0.2, -0.15) is 0 Å². The average molecular weight is 296 g/mol. The Morgan fingerprint density at radius 2 is 2.25 bits per heavy atom. The van der Waals surface area contributed by atoms with Crippen molar-refractivity contribution in [3.8, 4) is 0 Å². The van der Waals surface area contributed by atoms with Crippen LogP contribution < -0.4 is 5.32 Å². The number of furan rings is 1. The molecule has 0 aliphatic rings. The predicted molar refractivity (Wildman–Crippen MR) is 79.0 cm³/mol. The number of fused-ring (bicyclic) bond motifs is 1. The van der Waals surface area contributed by atoms with E-state index in [0.29, 0.717) is 10.6 Å². The van der Waals surface area contributed by atoms with E-state index in [9.17, 15) is 9.90 Å². The summed E-state index contributed by atoms with van der Waals surface area (Å²) < 4.78 is 5.45. The van der Waals surface area contributed by atoms with Crippen LogP contribution >= 0.6 is 11.6 Å². The maximum Gasteiger partial charge on any atom is 0.287 e. The first-order chi connectivity index (χ1) is 9.52. The monoisotopic (exact) mass is 295 g/mol. The summed E-state index contributed by atoms with van der Waals surface area (Å²) in [6.45, 7) is 4.15. The first kappa shape index (κ1) is 14.9. The summed E-state index contributed by atoms with van der Waals surface area (Å²) in [6.07, 6.45) is 0.300. The van der Waals surface area contributed by atoms with Crippen molar-refractivity contribution in [2.45, 2.75) is 26.4 Å². The lowest BCUT2D eigenvalue weighted by Gasteiger charge is -2.16. The van der Waals surface area contributed by atoms with E-state index in [1.54, 1.807) is 18.2 Å². The third-order valence-corrected chi connectivity index (χ3v) is 3.79. The molecular formula is C15H18ClNO3. The van der Waals surface area contributed by atoms with Crippen LogP contribution in [0.4, 0.5) is 0 Å². The average Bonchev–Trinajstić information content (AvgIpc) is 2.89. The Hall–Kier alpha value is -1.52. The SMILES string of the molecule is CCC(C)C(O)CNC(=O)c1cc2cccc(Cl)c2o1. The molecule has 0 fully saturated rings. The number of nitrogens with one attached hydrogen (secondary N) is 1. The van der Waals surface area contributed by atoms with Crippen LogP contribution in [0.3, 0.4) is 0 Å². The number of amides is 1. The fourth-order valence-corrected chi connectivity index (χ4v) is 2.12. The van der Waals surface area contributed by atoms with Crippen LogP contribution in [-0.4, -0.2) is 23.7 Å². The Kier molecular flexibility index (Phi) is 4.68. The van der Waals surface area contributed by atoms with Crippen molar-refractivity contribution in [2.75, 3.05) is 6.54 Å². The van der Waals surface area contributed by atoms with E-state index < -0.39 is 6.10 Å². The molecule has 0 saturated carbocycles. The Balaban J connectivity index is 2.06. The molecule has 0 spiro atoms. The molecule has 1 amide bonds. The van der Waals surface area contributed by atoms with E-state index in [0.717, 1.165) is 11.8 Å². The zero-order valence-electron chi connectivity index (χ0n) is 11.5. The quantitative estimate of drug-likeness (QED) is 0.890. The molecule has 5 heteroatoms. The zero-order valence-corrected chi connectivity index (χ0v) is 12.3. The molecule has 0 bridgehead atoms. The summed E-state index contributed by atoms with van der Waals surface area (Å²) >= 11 is 6.00. The van der Waals surface area contributed by atoms with Crippen LogP contribution in [-0.2, 0) is 0 Å². The number of hydrogen-bond acceptors (Lipinski definition) is 3. The van der Waals surface area contributed by atoms with Crippen molar-refractivity contribution in [3.05, 3.63) is 35.0 Å². The molecule has 2 rings (SSSR count). The van der Waals surface area contributed by atoms with Crippen LogP contribution in [0.25, 0.3) is 11.0 Å². The zero-order chi connectivity index (χ0) is 14.7. The summed E-state index contributed by atoms with van der Waals surface area (Å²) in [4.78, 5) is 12.0. The molecule has 1 aromatic heterocycles. The van der Waals surface area contributed by atoms with Crippen molar-refractivity contribution in [1.82, 2.24) is 5.32 Å². The number of aliphatic hydroxyl groups is 1. The van der Waals surface area contributed by atoms with Crippen molar-refractivity contribution in [2.24, 2.45) is 5.92 Å². The van der Waals surface area contributed by atoms with Gasteiger partial charge in [-0.05, 0) is 18.1 Å². The van der Waals surface area contributed by atoms with Gasteiger partial charge >= 0.3 is 0 Å². The number of para-hydroxylation sites is 1. The number of halogens is 1. The molecule has 0 aliphatic carbocycles. The summed E-state index contributed by atoms with van der Waals surface area (Å²) in [6, 6.07) is 6.98. The highest BCUT2D eigenvalue weighted by atomic mass is 35.5. The minimum absolute atomic E-state index is 0.139. The van der Waals surface area contributed by atoms with Gasteiger partial charge in [-0.25, -0.2) is 0 Å². The lowest BCUT2D eigenvalue weighted by Crippen LogP contribution is -2.35. The largest absolute Gasteiger partial charge is 0.449 e. The fraction of sp³-hybridized carbons (Fsp3) is 0.400. The van der Waals surface area contributed by atoms with Crippen molar-refractivity contribution in [3.63, 3.8) is 0 Å². The third kappa shape index (κ3) is 3.14. The summed E-state index contributed by atoms with van der Waals surface area (Å²) in [5.41, 5.74) is 0.502. The Bertz CT molecular complexity index is 608. The van der Waals surface area contributed by atoms with Gasteiger partial charge in [-0.3, -0.25) is 4.79 Å². The number of carbonyl (C=O) groups excluding carboxylic acids is 1. The van der Waals surface area contributed by atoms with Gasteiger partial charge < -0.3 is 14.8 Å². The van der Waals surface area contributed by atoms with Crippen LogP contribution in [0, 0.1) is 5.92 Å². The van der Waals surface area contributed by atoms with Gasteiger partial charge in [-0.15, -0.1) is 0 Å². The molecule has 2 atom stereocenters. The topological polar surface area (TPSA) is 62.5 Å². The third-order valence-electron chi connectivity index (χ3n) is 3.49. The number of hydrogen-bond donors (Lipinski definition) is 2. The number of carbonyl (C=O) groups is 1. The second kappa shape index (κ2) is 6.29. The van der Waals surface area contributed by atoms with E-state index in [1.165, 1.54) is 0 Å². The van der Waals surface area contributed by atoms with Gasteiger partial charge in [0.25, 0.3) is 5.91 Å². The highest BCUT2D eigenvalue weighted by Crippen LogP contribution is 2.26. The first-order valence-electron chi connectivity index (χ1n) is 6.67. The normalized spacial score (nSPS) is 14.2. The summed E-state index contributed by atoms with van der Waals surface area (Å²) in [5, 5.41) is 13.8. The van der Waals surface area contributed by atoms with E-state index >= 15 is 0 Å². The number of rotatable bonds is 5. The lowest BCUT2D eigenvalue weighted by atomic mass is 10.0. The second-order valence-electron chi connectivity index (χ2n) is 4.93. The van der Waals surface area contributed by atoms with Crippen molar-refractivity contribution >= 4 is 28.5 Å². The van der Waals surface area contributed by atoms with Gasteiger partial charge in [0.05, 0.1) is 11.1 Å². The summed E-state index contributed by atoms with van der Waals surface area (Å²) in [5.74, 6) is -0.00973. The highest BCUT2D eigenvalue weighted by Gasteiger charge is 2.17. The minimum Gasteiger partial charge on any atom is -0.449 e. The van der Waals surface area contributed by atoms with Gasteiger partial charge in [0, 0.05) is 11.9 Å². The maximum absolute atomic E-state index is 12.0. The van der Waals surface area contributed by atoms with Crippen LogP contribution in [0.5, 0.6) is 0 Å². The van der Waals surface area contributed by atoms with Crippen LogP contribution in [0.1, 0.15) is 30.8 Å². The molecule has 0 radical (unpaired) electrons. The molecule has 1 heterocycles. The predicted octanol–water partition coefficient (Wildman–Crippen LogP) is 3.22. The van der Waals surface area contributed by atoms with Crippen LogP contribution in [0.15, 0.2) is 28.7 Å². The van der Waals surface area contributed by atoms with Gasteiger partial charge in [0.2, 0.25) is 0 Å². The molecule has 108 valence electrons. The lowest BCUT2D eigenvalue weighted by molar-refractivity contribution is 0.0829. The Labute approximate surface area is 122 Å². The molecule has 2 unspecified atom stereocenters. The molecule has 20 heavy (non-hydrogen) atoms. The minimum atomic E-state index is -0.558. The summed E-state index contributed by atoms with van der Waals surface area (Å²) in [7, 11) is 0. The van der Waals surface area contributed by atoms with E-state index in [4.69, 9.17) is 16.0 Å². The molecular weight excluding hydrogens is 278 g/mol. The Morgan fingerprint density at radius 3 is 2.90 bits per heavy atom. The standard InChI is InChI=1S/C15H18ClNO3/c1-3-9(2)12(18)8-17-15(19)13-7-10-5-4-6-11(16)14(10)20-13/h4-7,9,12,18H,3,8H2,1-2H3,(H,17,19). The molecule has 0 aliphatic heterocycles. The van der Waals surface area contributed by atoms with E-state index in [2.05, 4.69) is 5.32 Å². The van der Waals surface area contributed by atoms with Crippen LogP contribution in [0.2, 0.25) is 5.02 Å². The van der Waals surface area contributed by atoms with Crippen molar-refractivity contribution in [1.29, 1.82) is 0 Å². The smallest absolute Gasteiger partial charge is 0.287 e. The van der Waals surface area contributed by atoms with E-state index in [-0.39, 0.29) is 24.1 Å². The molecule has 2 N–H and O–H groups in total. The molecule has 1 aromatic carbocycles. The molecule has 2 aromatic rings. The van der Waals surface area contributed by atoms with Gasteiger partial charge in [0.1, 0.15) is 0 Å². The van der Waals surface area contributed by atoms with Gasteiger partial charge in [-0.1, -0.05) is 44.0 Å². The van der Waals surface area contributed by atoms with Gasteiger partial charge in [0.15, 0.2) is 11.3 Å². The number of benzene rings is 1. The second-order valence-corrected chi connectivity index (χ2v) is 5.34. The Morgan fingerprint density at radius 1 is 1.50 bits per heavy atom. The maximum atomic E-state index is 12.0. The first-order valence-corrected chi connectivity index (χ1v) is 7.05. The molecule has 0 saturated heterocycles. The highest BCUT2D eigenvalue weighted by molar-refractivity contribution is 6.34. The van der Waals surface area contributed by atoms with E-state index in [1.807, 2.05) is 19.9 Å². The van der Waals surface area contributed by atoms with Crippen molar-refractivity contribution < 1.29 is 14.3 Å². The number of aliphatic hydroxyl groups excluding tert-OH is 1. The molecule has 4 nitrogen and oxygen atoms in total.